The van der Waals surface area contributed by atoms with Gasteiger partial charge in [0.2, 0.25) is 0 Å². The van der Waals surface area contributed by atoms with Crippen molar-refractivity contribution in [1.82, 2.24) is 9.78 Å². The van der Waals surface area contributed by atoms with E-state index in [1.807, 2.05) is 48.7 Å². The van der Waals surface area contributed by atoms with E-state index in [4.69, 9.17) is 11.6 Å². The average Bonchev–Trinajstić information content (AvgIpc) is 2.66. The minimum Gasteiger partial charge on any atom is -0.266 e. The van der Waals surface area contributed by atoms with Crippen LogP contribution < -0.4 is 5.56 Å². The van der Waals surface area contributed by atoms with E-state index in [0.29, 0.717) is 21.3 Å². The van der Waals surface area contributed by atoms with Crippen LogP contribution in [0.15, 0.2) is 68.1 Å². The number of nitrogens with zero attached hydrogens (tertiary/aromatic N) is 3. The Labute approximate surface area is 164 Å². The zero-order chi connectivity index (χ0) is 18.7. The van der Waals surface area contributed by atoms with Gasteiger partial charge in [-0.15, -0.1) is 11.8 Å². The largest absolute Gasteiger partial charge is 0.289 e. The molecular weight excluding hydrogens is 386 g/mol. The second-order valence-electron chi connectivity index (χ2n) is 5.39. The van der Waals surface area contributed by atoms with Gasteiger partial charge in [-0.2, -0.15) is 15.0 Å². The second-order valence-corrected chi connectivity index (χ2v) is 7.77. The molecule has 26 heavy (non-hydrogen) atoms. The van der Waals surface area contributed by atoms with Crippen LogP contribution in [-0.2, 0) is 0 Å². The Kier molecular flexibility index (Phi) is 5.72. The Morgan fingerprint density at radius 3 is 2.27 bits per heavy atom. The quantitative estimate of drug-likeness (QED) is 0.581. The molecule has 0 unspecified atom stereocenters. The van der Waals surface area contributed by atoms with E-state index in [1.54, 1.807) is 30.8 Å². The van der Waals surface area contributed by atoms with Crippen molar-refractivity contribution in [2.45, 2.75) is 21.7 Å². The van der Waals surface area contributed by atoms with Crippen LogP contribution >= 0.6 is 35.1 Å². The van der Waals surface area contributed by atoms with E-state index in [1.165, 1.54) is 16.4 Å². The molecule has 0 atom stereocenters. The van der Waals surface area contributed by atoms with Crippen molar-refractivity contribution >= 4 is 35.1 Å². The predicted octanol–water partition coefficient (Wildman–Crippen LogP) is 4.94. The summed E-state index contributed by atoms with van der Waals surface area (Å²) >= 11 is 8.94. The van der Waals surface area contributed by atoms with Crippen LogP contribution in [0, 0.1) is 18.3 Å². The first-order valence-electron chi connectivity index (χ1n) is 7.65. The molecule has 3 rings (SSSR count). The molecule has 0 radical (unpaired) electrons. The first kappa shape index (κ1) is 18.6. The molecule has 0 spiro atoms. The lowest BCUT2D eigenvalue weighted by Crippen LogP contribution is -2.25. The normalized spacial score (nSPS) is 10.5. The summed E-state index contributed by atoms with van der Waals surface area (Å²) in [6, 6.07) is 16.9. The maximum absolute atomic E-state index is 12.7. The van der Waals surface area contributed by atoms with Gasteiger partial charge in [0.15, 0.2) is 0 Å². The van der Waals surface area contributed by atoms with Gasteiger partial charge in [-0.3, -0.25) is 4.79 Å². The van der Waals surface area contributed by atoms with Gasteiger partial charge in [0.05, 0.1) is 5.69 Å². The molecule has 1 heterocycles. The number of nitriles is 1. The average molecular weight is 400 g/mol. The van der Waals surface area contributed by atoms with E-state index in [9.17, 15) is 10.1 Å². The van der Waals surface area contributed by atoms with Crippen molar-refractivity contribution in [3.8, 4) is 11.8 Å². The Bertz CT molecular complexity index is 1040. The highest BCUT2D eigenvalue weighted by atomic mass is 35.5. The SMILES string of the molecule is CSc1ccc(-n2nc(Sc3ccc(Cl)cc3)c(C)c(C#N)c2=O)cc1. The lowest BCUT2D eigenvalue weighted by atomic mass is 10.2. The summed E-state index contributed by atoms with van der Waals surface area (Å²) in [5, 5.41) is 15.2. The summed E-state index contributed by atoms with van der Waals surface area (Å²) in [6.45, 7) is 1.74. The molecule has 0 bridgehead atoms. The van der Waals surface area contributed by atoms with E-state index < -0.39 is 5.56 Å². The van der Waals surface area contributed by atoms with Crippen molar-refractivity contribution in [3.05, 3.63) is 75.0 Å². The highest BCUT2D eigenvalue weighted by Crippen LogP contribution is 2.30. The third kappa shape index (κ3) is 3.80. The van der Waals surface area contributed by atoms with Crippen LogP contribution in [0.3, 0.4) is 0 Å². The molecule has 0 aliphatic carbocycles. The number of rotatable bonds is 4. The highest BCUT2D eigenvalue weighted by molar-refractivity contribution is 7.99. The maximum atomic E-state index is 12.7. The standard InChI is InChI=1S/C19H14ClN3OS2/c1-12-17(11-21)19(24)23(14-5-9-15(25-2)10-6-14)22-18(12)26-16-7-3-13(20)4-8-16/h3-10H,1-2H3. The van der Waals surface area contributed by atoms with E-state index in [-0.39, 0.29) is 5.56 Å². The van der Waals surface area contributed by atoms with Crippen LogP contribution in [0.2, 0.25) is 5.02 Å². The summed E-state index contributed by atoms with van der Waals surface area (Å²) in [5.74, 6) is 0. The Hall–Kier alpha value is -2.20. The number of halogens is 1. The molecule has 0 saturated carbocycles. The lowest BCUT2D eigenvalue weighted by molar-refractivity contribution is 0.738. The maximum Gasteiger partial charge on any atom is 0.289 e. The molecule has 130 valence electrons. The minimum absolute atomic E-state index is 0.102. The number of benzene rings is 2. The molecule has 0 aliphatic rings. The number of thioether (sulfide) groups is 1. The molecule has 1 aromatic heterocycles. The highest BCUT2D eigenvalue weighted by Gasteiger charge is 2.16. The van der Waals surface area contributed by atoms with Crippen LogP contribution in [0.25, 0.3) is 5.69 Å². The van der Waals surface area contributed by atoms with Gasteiger partial charge in [0.25, 0.3) is 5.56 Å². The smallest absolute Gasteiger partial charge is 0.266 e. The van der Waals surface area contributed by atoms with Gasteiger partial charge in [-0.25, -0.2) is 0 Å². The Morgan fingerprint density at radius 2 is 1.69 bits per heavy atom. The zero-order valence-corrected chi connectivity index (χ0v) is 16.5. The van der Waals surface area contributed by atoms with Crippen LogP contribution in [-0.4, -0.2) is 16.0 Å². The number of hydrogen-bond donors (Lipinski definition) is 0. The molecule has 0 N–H and O–H groups in total. The molecule has 4 nitrogen and oxygen atoms in total. The molecule has 7 heteroatoms. The van der Waals surface area contributed by atoms with Gasteiger partial charge < -0.3 is 0 Å². The zero-order valence-electron chi connectivity index (χ0n) is 14.1. The van der Waals surface area contributed by atoms with Crippen molar-refractivity contribution in [2.24, 2.45) is 0 Å². The molecule has 0 amide bonds. The van der Waals surface area contributed by atoms with E-state index in [0.717, 1.165) is 9.79 Å². The Balaban J connectivity index is 2.11. The van der Waals surface area contributed by atoms with Gasteiger partial charge in [-0.1, -0.05) is 23.4 Å². The second kappa shape index (κ2) is 8.00. The molecule has 0 aliphatic heterocycles. The van der Waals surface area contributed by atoms with Crippen molar-refractivity contribution in [3.63, 3.8) is 0 Å². The molecule has 2 aromatic carbocycles. The van der Waals surface area contributed by atoms with Gasteiger partial charge in [-0.05, 0) is 61.7 Å². The fourth-order valence-electron chi connectivity index (χ4n) is 2.33. The van der Waals surface area contributed by atoms with Crippen LogP contribution in [0.5, 0.6) is 0 Å². The number of aromatic nitrogens is 2. The summed E-state index contributed by atoms with van der Waals surface area (Å²) in [5.41, 5.74) is 0.893. The summed E-state index contributed by atoms with van der Waals surface area (Å²) in [7, 11) is 0. The fourth-order valence-corrected chi connectivity index (χ4v) is 3.73. The molecular formula is C19H14ClN3OS2. The number of hydrogen-bond acceptors (Lipinski definition) is 5. The molecule has 0 saturated heterocycles. The first-order valence-corrected chi connectivity index (χ1v) is 10.1. The predicted molar refractivity (Wildman–Crippen MR) is 107 cm³/mol. The van der Waals surface area contributed by atoms with Crippen molar-refractivity contribution < 1.29 is 0 Å². The topological polar surface area (TPSA) is 58.7 Å². The minimum atomic E-state index is -0.414. The third-order valence-corrected chi connectivity index (χ3v) is 5.83. The van der Waals surface area contributed by atoms with Crippen molar-refractivity contribution in [1.29, 1.82) is 5.26 Å². The fraction of sp³-hybridized carbons (Fsp3) is 0.105. The van der Waals surface area contributed by atoms with E-state index >= 15 is 0 Å². The first-order chi connectivity index (χ1) is 12.5. The Morgan fingerprint density at radius 1 is 1.08 bits per heavy atom. The summed E-state index contributed by atoms with van der Waals surface area (Å²) in [6.07, 6.45) is 1.99. The monoisotopic (exact) mass is 399 g/mol. The van der Waals surface area contributed by atoms with Crippen LogP contribution in [0.1, 0.15) is 11.1 Å². The van der Waals surface area contributed by atoms with Gasteiger partial charge in [0.1, 0.15) is 16.7 Å². The van der Waals surface area contributed by atoms with Crippen molar-refractivity contribution in [2.75, 3.05) is 6.26 Å². The van der Waals surface area contributed by atoms with Gasteiger partial charge in [0, 0.05) is 20.4 Å². The summed E-state index contributed by atoms with van der Waals surface area (Å²) in [4.78, 5) is 14.7. The molecule has 0 fully saturated rings. The van der Waals surface area contributed by atoms with Crippen LogP contribution in [0.4, 0.5) is 0 Å². The summed E-state index contributed by atoms with van der Waals surface area (Å²) < 4.78 is 1.29. The van der Waals surface area contributed by atoms with Gasteiger partial charge >= 0.3 is 0 Å². The van der Waals surface area contributed by atoms with E-state index in [2.05, 4.69) is 5.10 Å². The molecule has 3 aromatic rings. The third-order valence-electron chi connectivity index (χ3n) is 3.75. The lowest BCUT2D eigenvalue weighted by Gasteiger charge is -2.11.